The number of nitrogens with two attached hydrogens (primary N) is 1. The van der Waals surface area contributed by atoms with Gasteiger partial charge in [-0.15, -0.1) is 0 Å². The highest BCUT2D eigenvalue weighted by Gasteiger charge is 2.13. The van der Waals surface area contributed by atoms with Gasteiger partial charge in [-0.25, -0.2) is 0 Å². The van der Waals surface area contributed by atoms with Crippen molar-refractivity contribution in [2.45, 2.75) is 0 Å². The lowest BCUT2D eigenvalue weighted by molar-refractivity contribution is 0.812. The van der Waals surface area contributed by atoms with E-state index >= 15 is 0 Å². The molecule has 1 saturated heterocycles. The number of nitrogen functional groups attached to an aromatic ring is 1. The predicted octanol–water partition coefficient (Wildman–Crippen LogP) is -0.0947. The van der Waals surface area contributed by atoms with E-state index in [1.807, 2.05) is 16.7 Å². The van der Waals surface area contributed by atoms with E-state index in [9.17, 15) is 4.79 Å². The molecule has 0 saturated carbocycles. The Balaban J connectivity index is 2.26. The molecule has 0 bridgehead atoms. The van der Waals surface area contributed by atoms with Crippen molar-refractivity contribution in [1.29, 1.82) is 0 Å². The van der Waals surface area contributed by atoms with Gasteiger partial charge in [0.2, 0.25) is 5.95 Å². The first kappa shape index (κ1) is 9.39. The SMILES string of the molecule is Nc1cc(=O)[nH]c(N2CCSCC2)n1. The molecule has 1 aliphatic rings. The van der Waals surface area contributed by atoms with Crippen molar-refractivity contribution in [3.8, 4) is 0 Å². The highest BCUT2D eigenvalue weighted by molar-refractivity contribution is 7.99. The van der Waals surface area contributed by atoms with Crippen LogP contribution in [0.5, 0.6) is 0 Å². The highest BCUT2D eigenvalue weighted by atomic mass is 32.2. The Morgan fingerprint density at radius 3 is 2.86 bits per heavy atom. The van der Waals surface area contributed by atoms with Crippen molar-refractivity contribution in [1.82, 2.24) is 9.97 Å². The van der Waals surface area contributed by atoms with Gasteiger partial charge in [0.1, 0.15) is 5.82 Å². The second kappa shape index (κ2) is 3.91. The van der Waals surface area contributed by atoms with Crippen LogP contribution in [-0.2, 0) is 0 Å². The molecule has 6 heteroatoms. The summed E-state index contributed by atoms with van der Waals surface area (Å²) in [6.45, 7) is 1.83. The van der Waals surface area contributed by atoms with E-state index in [1.165, 1.54) is 6.07 Å². The van der Waals surface area contributed by atoms with Gasteiger partial charge in [-0.05, 0) is 0 Å². The van der Waals surface area contributed by atoms with Crippen LogP contribution in [0.15, 0.2) is 10.9 Å². The molecule has 0 aromatic carbocycles. The van der Waals surface area contributed by atoms with Gasteiger partial charge in [0.25, 0.3) is 5.56 Å². The van der Waals surface area contributed by atoms with E-state index < -0.39 is 0 Å². The zero-order valence-electron chi connectivity index (χ0n) is 7.69. The monoisotopic (exact) mass is 212 g/mol. The van der Waals surface area contributed by atoms with E-state index in [0.29, 0.717) is 5.95 Å². The number of anilines is 2. The molecule has 1 aromatic rings. The van der Waals surface area contributed by atoms with Gasteiger partial charge >= 0.3 is 0 Å². The minimum Gasteiger partial charge on any atom is -0.383 e. The number of hydrogen-bond donors (Lipinski definition) is 2. The predicted molar refractivity (Wildman–Crippen MR) is 58.8 cm³/mol. The Morgan fingerprint density at radius 1 is 1.50 bits per heavy atom. The van der Waals surface area contributed by atoms with Gasteiger partial charge in [0.15, 0.2) is 0 Å². The molecule has 0 spiro atoms. The van der Waals surface area contributed by atoms with Crippen molar-refractivity contribution >= 4 is 23.5 Å². The molecule has 1 fully saturated rings. The Morgan fingerprint density at radius 2 is 2.21 bits per heavy atom. The third-order valence-electron chi connectivity index (χ3n) is 2.06. The maximum Gasteiger partial charge on any atom is 0.254 e. The van der Waals surface area contributed by atoms with Crippen LogP contribution >= 0.6 is 11.8 Å². The summed E-state index contributed by atoms with van der Waals surface area (Å²) in [6.07, 6.45) is 0. The number of H-pyrrole nitrogens is 1. The molecular formula is C8H12N4OS. The molecule has 5 nitrogen and oxygen atoms in total. The largest absolute Gasteiger partial charge is 0.383 e. The summed E-state index contributed by atoms with van der Waals surface area (Å²) in [7, 11) is 0. The molecule has 76 valence electrons. The zero-order chi connectivity index (χ0) is 9.97. The van der Waals surface area contributed by atoms with Crippen LogP contribution in [0.3, 0.4) is 0 Å². The molecule has 1 aliphatic heterocycles. The molecule has 14 heavy (non-hydrogen) atoms. The molecular weight excluding hydrogens is 200 g/mol. The van der Waals surface area contributed by atoms with Crippen molar-refractivity contribution in [2.75, 3.05) is 35.2 Å². The quantitative estimate of drug-likeness (QED) is 0.680. The van der Waals surface area contributed by atoms with Crippen LogP contribution in [0.25, 0.3) is 0 Å². The first-order valence-electron chi connectivity index (χ1n) is 4.45. The van der Waals surface area contributed by atoms with E-state index in [2.05, 4.69) is 9.97 Å². The Hall–Kier alpha value is -1.17. The van der Waals surface area contributed by atoms with Crippen molar-refractivity contribution < 1.29 is 0 Å². The molecule has 0 unspecified atom stereocenters. The maximum absolute atomic E-state index is 11.1. The smallest absolute Gasteiger partial charge is 0.254 e. The van der Waals surface area contributed by atoms with E-state index in [4.69, 9.17) is 5.73 Å². The average molecular weight is 212 g/mol. The second-order valence-electron chi connectivity index (χ2n) is 3.09. The topological polar surface area (TPSA) is 75.0 Å². The molecule has 1 aromatic heterocycles. The minimum absolute atomic E-state index is 0.189. The number of rotatable bonds is 1. The second-order valence-corrected chi connectivity index (χ2v) is 4.32. The first-order valence-corrected chi connectivity index (χ1v) is 5.61. The van der Waals surface area contributed by atoms with Gasteiger partial charge < -0.3 is 10.6 Å². The van der Waals surface area contributed by atoms with Crippen LogP contribution in [0.1, 0.15) is 0 Å². The number of thioether (sulfide) groups is 1. The van der Waals surface area contributed by atoms with Gasteiger partial charge in [-0.3, -0.25) is 9.78 Å². The first-order chi connectivity index (χ1) is 6.75. The van der Waals surface area contributed by atoms with Gasteiger partial charge in [-0.2, -0.15) is 16.7 Å². The molecule has 3 N–H and O–H groups in total. The van der Waals surface area contributed by atoms with Crippen LogP contribution in [0.2, 0.25) is 0 Å². The number of aromatic amines is 1. The van der Waals surface area contributed by atoms with Crippen molar-refractivity contribution in [2.24, 2.45) is 0 Å². The fraction of sp³-hybridized carbons (Fsp3) is 0.500. The third-order valence-corrected chi connectivity index (χ3v) is 3.00. The molecule has 0 aliphatic carbocycles. The lowest BCUT2D eigenvalue weighted by Crippen LogP contribution is -2.35. The van der Waals surface area contributed by atoms with Crippen LogP contribution < -0.4 is 16.2 Å². The van der Waals surface area contributed by atoms with Crippen LogP contribution in [0.4, 0.5) is 11.8 Å². The Kier molecular flexibility index (Phi) is 2.62. The van der Waals surface area contributed by atoms with E-state index in [-0.39, 0.29) is 11.4 Å². The summed E-state index contributed by atoms with van der Waals surface area (Å²) < 4.78 is 0. The summed E-state index contributed by atoms with van der Waals surface area (Å²) in [5, 5.41) is 0. The standard InChI is InChI=1S/C8H12N4OS/c9-6-5-7(13)11-8(10-6)12-1-3-14-4-2-12/h5H,1-4H2,(H3,9,10,11,13). The lowest BCUT2D eigenvalue weighted by Gasteiger charge is -2.26. The average Bonchev–Trinajstić information content (AvgIpc) is 2.18. The maximum atomic E-state index is 11.1. The van der Waals surface area contributed by atoms with Gasteiger partial charge in [-0.1, -0.05) is 0 Å². The van der Waals surface area contributed by atoms with E-state index in [0.717, 1.165) is 24.6 Å². The number of aromatic nitrogens is 2. The van der Waals surface area contributed by atoms with E-state index in [1.54, 1.807) is 0 Å². The summed E-state index contributed by atoms with van der Waals surface area (Å²) >= 11 is 1.91. The Labute approximate surface area is 85.7 Å². The van der Waals surface area contributed by atoms with Crippen molar-refractivity contribution in [3.63, 3.8) is 0 Å². The molecule has 0 atom stereocenters. The molecule has 0 amide bonds. The number of nitrogens with zero attached hydrogens (tertiary/aromatic N) is 2. The van der Waals surface area contributed by atoms with Gasteiger partial charge in [0, 0.05) is 30.7 Å². The number of hydrogen-bond acceptors (Lipinski definition) is 5. The molecule has 2 rings (SSSR count). The van der Waals surface area contributed by atoms with Crippen LogP contribution in [0, 0.1) is 0 Å². The normalized spacial score (nSPS) is 17.0. The molecule has 0 radical (unpaired) electrons. The van der Waals surface area contributed by atoms with Crippen molar-refractivity contribution in [3.05, 3.63) is 16.4 Å². The molecule has 2 heterocycles. The zero-order valence-corrected chi connectivity index (χ0v) is 8.51. The highest BCUT2D eigenvalue weighted by Crippen LogP contribution is 2.14. The fourth-order valence-corrected chi connectivity index (χ4v) is 2.29. The summed E-state index contributed by atoms with van der Waals surface area (Å²) in [4.78, 5) is 20.0. The number of nitrogens with one attached hydrogen (secondary N) is 1. The summed E-state index contributed by atoms with van der Waals surface area (Å²) in [5.74, 6) is 3.01. The fourth-order valence-electron chi connectivity index (χ4n) is 1.39. The summed E-state index contributed by atoms with van der Waals surface area (Å²) in [5.41, 5.74) is 5.31. The Bertz CT molecular complexity index is 372. The minimum atomic E-state index is -0.189. The lowest BCUT2D eigenvalue weighted by atomic mass is 10.5. The van der Waals surface area contributed by atoms with Gasteiger partial charge in [0.05, 0.1) is 0 Å². The van der Waals surface area contributed by atoms with Crippen LogP contribution in [-0.4, -0.2) is 34.6 Å². The summed E-state index contributed by atoms with van der Waals surface area (Å²) in [6, 6.07) is 1.29. The third kappa shape index (κ3) is 2.01.